The third-order valence-electron chi connectivity index (χ3n) is 3.16. The maximum atomic E-state index is 5.78. The van der Waals surface area contributed by atoms with Crippen molar-refractivity contribution in [3.8, 4) is 5.75 Å². The Morgan fingerprint density at radius 3 is 2.60 bits per heavy atom. The second kappa shape index (κ2) is 7.56. The van der Waals surface area contributed by atoms with E-state index in [1.54, 1.807) is 7.11 Å². The fourth-order valence-electron chi connectivity index (χ4n) is 2.12. The Balaban J connectivity index is 1.75. The molecule has 2 N–H and O–H groups in total. The summed E-state index contributed by atoms with van der Waals surface area (Å²) in [6.07, 6.45) is 2.05. The van der Waals surface area contributed by atoms with Crippen LogP contribution >= 0.6 is 0 Å². The monoisotopic (exact) mass is 271 g/mol. The molecule has 0 aromatic heterocycles. The van der Waals surface area contributed by atoms with Crippen molar-refractivity contribution in [2.75, 3.05) is 19.5 Å². The molecule has 0 aliphatic heterocycles. The summed E-state index contributed by atoms with van der Waals surface area (Å²) in [7, 11) is 1.66. The summed E-state index contributed by atoms with van der Waals surface area (Å²) in [6, 6.07) is 16.0. The van der Waals surface area contributed by atoms with Crippen LogP contribution in [0.2, 0.25) is 0 Å². The van der Waals surface area contributed by atoms with Crippen LogP contribution in [0.4, 0.5) is 5.69 Å². The molecule has 0 atom stereocenters. The Hall–Kier alpha value is -2.00. The molecule has 0 saturated carbocycles. The van der Waals surface area contributed by atoms with Gasteiger partial charge in [-0.1, -0.05) is 30.3 Å². The summed E-state index contributed by atoms with van der Waals surface area (Å²) < 4.78 is 11.0. The van der Waals surface area contributed by atoms with Crippen molar-refractivity contribution >= 4 is 5.69 Å². The van der Waals surface area contributed by atoms with E-state index in [1.807, 2.05) is 24.3 Å². The first-order chi connectivity index (χ1) is 9.79. The van der Waals surface area contributed by atoms with Gasteiger partial charge in [0.05, 0.1) is 13.7 Å². The first-order valence-electron chi connectivity index (χ1n) is 6.83. The first kappa shape index (κ1) is 14.4. The number of rotatable bonds is 7. The minimum Gasteiger partial charge on any atom is -0.496 e. The van der Waals surface area contributed by atoms with Gasteiger partial charge in [0.15, 0.2) is 0 Å². The third kappa shape index (κ3) is 4.28. The molecule has 0 heterocycles. The summed E-state index contributed by atoms with van der Waals surface area (Å²) >= 11 is 0. The summed E-state index contributed by atoms with van der Waals surface area (Å²) in [6.45, 7) is 1.26. The summed E-state index contributed by atoms with van der Waals surface area (Å²) in [4.78, 5) is 0. The van der Waals surface area contributed by atoms with Gasteiger partial charge >= 0.3 is 0 Å². The van der Waals surface area contributed by atoms with Crippen LogP contribution in [-0.2, 0) is 17.8 Å². The average Bonchev–Trinajstić information content (AvgIpc) is 2.48. The second-order valence-corrected chi connectivity index (χ2v) is 4.71. The van der Waals surface area contributed by atoms with E-state index >= 15 is 0 Å². The molecule has 0 unspecified atom stereocenters. The van der Waals surface area contributed by atoms with Crippen LogP contribution in [0.1, 0.15) is 17.5 Å². The highest BCUT2D eigenvalue weighted by molar-refractivity contribution is 5.47. The van der Waals surface area contributed by atoms with E-state index in [-0.39, 0.29) is 0 Å². The van der Waals surface area contributed by atoms with Crippen LogP contribution in [0.15, 0.2) is 48.5 Å². The van der Waals surface area contributed by atoms with Crippen LogP contribution in [0, 0.1) is 0 Å². The van der Waals surface area contributed by atoms with Gasteiger partial charge in [0.1, 0.15) is 5.75 Å². The summed E-state index contributed by atoms with van der Waals surface area (Å²) in [5.74, 6) is 0.822. The quantitative estimate of drug-likeness (QED) is 0.620. The van der Waals surface area contributed by atoms with Crippen LogP contribution in [0.3, 0.4) is 0 Å². The van der Waals surface area contributed by atoms with Crippen molar-refractivity contribution in [2.24, 2.45) is 0 Å². The maximum Gasteiger partial charge on any atom is 0.124 e. The molecule has 2 rings (SSSR count). The highest BCUT2D eigenvalue weighted by Gasteiger charge is 2.03. The zero-order valence-electron chi connectivity index (χ0n) is 11.8. The number of nitrogen functional groups attached to an aromatic ring is 1. The number of hydrogen-bond acceptors (Lipinski definition) is 3. The van der Waals surface area contributed by atoms with Crippen molar-refractivity contribution in [3.05, 3.63) is 59.7 Å². The van der Waals surface area contributed by atoms with E-state index in [2.05, 4.69) is 24.3 Å². The molecule has 106 valence electrons. The summed E-state index contributed by atoms with van der Waals surface area (Å²) in [5.41, 5.74) is 8.85. The highest BCUT2D eigenvalue weighted by Crippen LogP contribution is 2.21. The van der Waals surface area contributed by atoms with Gasteiger partial charge in [-0.25, -0.2) is 0 Å². The van der Waals surface area contributed by atoms with Crippen LogP contribution in [0.25, 0.3) is 0 Å². The van der Waals surface area contributed by atoms with Gasteiger partial charge in [0.2, 0.25) is 0 Å². The van der Waals surface area contributed by atoms with Gasteiger partial charge < -0.3 is 15.2 Å². The Morgan fingerprint density at radius 2 is 1.85 bits per heavy atom. The molecule has 0 amide bonds. The Kier molecular flexibility index (Phi) is 5.44. The van der Waals surface area contributed by atoms with E-state index in [0.717, 1.165) is 36.4 Å². The number of aryl methyl sites for hydroxylation is 1. The van der Waals surface area contributed by atoms with Crippen molar-refractivity contribution in [2.45, 2.75) is 19.4 Å². The molecule has 0 spiro atoms. The molecule has 2 aromatic rings. The minimum atomic E-state index is 0.531. The third-order valence-corrected chi connectivity index (χ3v) is 3.16. The van der Waals surface area contributed by atoms with Gasteiger partial charge in [-0.2, -0.15) is 0 Å². The molecular weight excluding hydrogens is 250 g/mol. The van der Waals surface area contributed by atoms with Gasteiger partial charge in [-0.05, 0) is 36.6 Å². The number of benzene rings is 2. The fraction of sp³-hybridized carbons (Fsp3) is 0.294. The van der Waals surface area contributed by atoms with Crippen molar-refractivity contribution in [1.29, 1.82) is 0 Å². The van der Waals surface area contributed by atoms with Crippen LogP contribution in [-0.4, -0.2) is 13.7 Å². The van der Waals surface area contributed by atoms with E-state index in [1.165, 1.54) is 5.56 Å². The molecule has 3 heteroatoms. The highest BCUT2D eigenvalue weighted by atomic mass is 16.5. The zero-order chi connectivity index (χ0) is 14.2. The minimum absolute atomic E-state index is 0.531. The lowest BCUT2D eigenvalue weighted by Gasteiger charge is -2.10. The molecule has 0 saturated heterocycles. The van der Waals surface area contributed by atoms with E-state index < -0.39 is 0 Å². The lowest BCUT2D eigenvalue weighted by molar-refractivity contribution is 0.117. The molecular formula is C17H21NO2. The van der Waals surface area contributed by atoms with Crippen molar-refractivity contribution in [3.63, 3.8) is 0 Å². The number of hydrogen-bond donors (Lipinski definition) is 1. The number of nitrogens with two attached hydrogens (primary N) is 1. The lowest BCUT2D eigenvalue weighted by Crippen LogP contribution is -2.00. The normalized spacial score (nSPS) is 10.4. The molecule has 0 aliphatic rings. The maximum absolute atomic E-state index is 5.78. The van der Waals surface area contributed by atoms with Gasteiger partial charge in [0, 0.05) is 17.9 Å². The van der Waals surface area contributed by atoms with Crippen LogP contribution in [0.5, 0.6) is 5.75 Å². The smallest absolute Gasteiger partial charge is 0.124 e. The fourth-order valence-corrected chi connectivity index (χ4v) is 2.12. The topological polar surface area (TPSA) is 44.5 Å². The zero-order valence-corrected chi connectivity index (χ0v) is 11.8. The first-order valence-corrected chi connectivity index (χ1v) is 6.83. The second-order valence-electron chi connectivity index (χ2n) is 4.71. The molecule has 0 bridgehead atoms. The van der Waals surface area contributed by atoms with Gasteiger partial charge in [-0.15, -0.1) is 0 Å². The van der Waals surface area contributed by atoms with E-state index in [9.17, 15) is 0 Å². The lowest BCUT2D eigenvalue weighted by atomic mass is 10.1. The molecule has 0 radical (unpaired) electrons. The standard InChI is InChI=1S/C17H21NO2/c1-19-17-10-9-16(18)12-15(17)13-20-11-5-8-14-6-3-2-4-7-14/h2-4,6-7,9-10,12H,5,8,11,13,18H2,1H3. The number of anilines is 1. The largest absolute Gasteiger partial charge is 0.496 e. The number of ether oxygens (including phenoxy) is 2. The van der Waals surface area contributed by atoms with Crippen molar-refractivity contribution < 1.29 is 9.47 Å². The van der Waals surface area contributed by atoms with Gasteiger partial charge in [0.25, 0.3) is 0 Å². The Morgan fingerprint density at radius 1 is 1.05 bits per heavy atom. The van der Waals surface area contributed by atoms with Crippen molar-refractivity contribution in [1.82, 2.24) is 0 Å². The SMILES string of the molecule is COc1ccc(N)cc1COCCCc1ccccc1. The Labute approximate surface area is 120 Å². The predicted molar refractivity (Wildman–Crippen MR) is 81.8 cm³/mol. The number of methoxy groups -OCH3 is 1. The molecule has 0 fully saturated rings. The molecule has 20 heavy (non-hydrogen) atoms. The molecule has 2 aromatic carbocycles. The van der Waals surface area contributed by atoms with Crippen LogP contribution < -0.4 is 10.5 Å². The molecule has 0 aliphatic carbocycles. The average molecular weight is 271 g/mol. The predicted octanol–water partition coefficient (Wildman–Crippen LogP) is 3.43. The van der Waals surface area contributed by atoms with E-state index in [0.29, 0.717) is 6.61 Å². The Bertz CT molecular complexity index is 526. The molecule has 3 nitrogen and oxygen atoms in total. The van der Waals surface area contributed by atoms with E-state index in [4.69, 9.17) is 15.2 Å². The van der Waals surface area contributed by atoms with Gasteiger partial charge in [-0.3, -0.25) is 0 Å². The summed E-state index contributed by atoms with van der Waals surface area (Å²) in [5, 5.41) is 0.